The molecule has 136 valence electrons. The quantitative estimate of drug-likeness (QED) is 0.575. The third-order valence-corrected chi connectivity index (χ3v) is 3.82. The van der Waals surface area contributed by atoms with Crippen molar-refractivity contribution in [3.8, 4) is 0 Å². The lowest BCUT2D eigenvalue weighted by molar-refractivity contribution is -0.139. The number of rotatable bonds is 8. The smallest absolute Gasteiger partial charge is 0.335 e. The zero-order valence-electron chi connectivity index (χ0n) is 14.2. The lowest BCUT2D eigenvalue weighted by atomic mass is 10.1. The van der Waals surface area contributed by atoms with Gasteiger partial charge < -0.3 is 15.5 Å². The minimum atomic E-state index is -1.05. The van der Waals surface area contributed by atoms with E-state index in [1.165, 1.54) is 24.3 Å². The van der Waals surface area contributed by atoms with E-state index in [-0.39, 0.29) is 12.0 Å². The SMILES string of the molecule is C[C@H](N[C@@H](Cc1ccccc1)C(=O)O)C(=O)Nc1ccc(C(=O)O)cc1. The predicted octanol–water partition coefficient (Wildman–Crippen LogP) is 2.00. The molecular weight excluding hydrogens is 336 g/mol. The van der Waals surface area contributed by atoms with Crippen molar-refractivity contribution in [2.45, 2.75) is 25.4 Å². The molecule has 2 aromatic rings. The molecule has 0 saturated heterocycles. The lowest BCUT2D eigenvalue weighted by Crippen LogP contribution is -2.48. The van der Waals surface area contributed by atoms with Gasteiger partial charge in [0.25, 0.3) is 0 Å². The third-order valence-electron chi connectivity index (χ3n) is 3.82. The Bertz CT molecular complexity index is 774. The summed E-state index contributed by atoms with van der Waals surface area (Å²) in [6.45, 7) is 1.57. The molecule has 0 heterocycles. The van der Waals surface area contributed by atoms with E-state index in [0.717, 1.165) is 5.56 Å². The molecule has 2 atom stereocenters. The van der Waals surface area contributed by atoms with Crippen LogP contribution in [0.5, 0.6) is 0 Å². The Balaban J connectivity index is 1.97. The van der Waals surface area contributed by atoms with Crippen LogP contribution in [0, 0.1) is 0 Å². The molecule has 7 nitrogen and oxygen atoms in total. The largest absolute Gasteiger partial charge is 0.480 e. The van der Waals surface area contributed by atoms with Gasteiger partial charge >= 0.3 is 11.9 Å². The highest BCUT2D eigenvalue weighted by Crippen LogP contribution is 2.10. The van der Waals surface area contributed by atoms with E-state index in [9.17, 15) is 19.5 Å². The van der Waals surface area contributed by atoms with E-state index in [2.05, 4.69) is 10.6 Å². The number of hydrogen-bond acceptors (Lipinski definition) is 4. The highest BCUT2D eigenvalue weighted by molar-refractivity contribution is 5.95. The topological polar surface area (TPSA) is 116 Å². The third kappa shape index (κ3) is 5.42. The first kappa shape index (κ1) is 19.1. The molecule has 0 bridgehead atoms. The molecule has 2 aromatic carbocycles. The molecule has 0 radical (unpaired) electrons. The van der Waals surface area contributed by atoms with Crippen LogP contribution >= 0.6 is 0 Å². The zero-order chi connectivity index (χ0) is 19.1. The van der Waals surface area contributed by atoms with Crippen LogP contribution in [0.15, 0.2) is 54.6 Å². The summed E-state index contributed by atoms with van der Waals surface area (Å²) < 4.78 is 0. The van der Waals surface area contributed by atoms with Gasteiger partial charge in [0.15, 0.2) is 0 Å². The Morgan fingerprint density at radius 1 is 0.962 bits per heavy atom. The first-order valence-electron chi connectivity index (χ1n) is 8.04. The molecule has 0 aromatic heterocycles. The van der Waals surface area contributed by atoms with Crippen molar-refractivity contribution in [2.24, 2.45) is 0 Å². The summed E-state index contributed by atoms with van der Waals surface area (Å²) in [6.07, 6.45) is 0.251. The van der Waals surface area contributed by atoms with Crippen LogP contribution in [-0.4, -0.2) is 40.1 Å². The van der Waals surface area contributed by atoms with Crippen LogP contribution < -0.4 is 10.6 Å². The van der Waals surface area contributed by atoms with Crippen LogP contribution in [0.2, 0.25) is 0 Å². The zero-order valence-corrected chi connectivity index (χ0v) is 14.2. The molecule has 7 heteroatoms. The van der Waals surface area contributed by atoms with Gasteiger partial charge in [-0.05, 0) is 43.2 Å². The molecule has 0 aliphatic heterocycles. The maximum Gasteiger partial charge on any atom is 0.335 e. The van der Waals surface area contributed by atoms with Gasteiger partial charge in [0.1, 0.15) is 6.04 Å². The van der Waals surface area contributed by atoms with E-state index in [1.54, 1.807) is 6.92 Å². The van der Waals surface area contributed by atoms with Gasteiger partial charge in [0.05, 0.1) is 11.6 Å². The van der Waals surface area contributed by atoms with Gasteiger partial charge in [-0.15, -0.1) is 0 Å². The molecule has 2 rings (SSSR count). The summed E-state index contributed by atoms with van der Waals surface area (Å²) in [7, 11) is 0. The summed E-state index contributed by atoms with van der Waals surface area (Å²) >= 11 is 0. The number of benzene rings is 2. The van der Waals surface area contributed by atoms with Gasteiger partial charge in [-0.1, -0.05) is 30.3 Å². The van der Waals surface area contributed by atoms with Crippen LogP contribution in [0.3, 0.4) is 0 Å². The van der Waals surface area contributed by atoms with E-state index in [1.807, 2.05) is 30.3 Å². The predicted molar refractivity (Wildman–Crippen MR) is 96.2 cm³/mol. The molecular formula is C19H20N2O5. The number of anilines is 1. The number of carboxylic acid groups (broad SMARTS) is 2. The molecule has 4 N–H and O–H groups in total. The number of carbonyl (C=O) groups excluding carboxylic acids is 1. The van der Waals surface area contributed by atoms with Crippen molar-refractivity contribution < 1.29 is 24.6 Å². The van der Waals surface area contributed by atoms with E-state index >= 15 is 0 Å². The van der Waals surface area contributed by atoms with Crippen molar-refractivity contribution in [2.75, 3.05) is 5.32 Å². The monoisotopic (exact) mass is 356 g/mol. The molecule has 0 saturated carbocycles. The Hall–Kier alpha value is -3.19. The van der Waals surface area contributed by atoms with Crippen molar-refractivity contribution in [3.05, 3.63) is 65.7 Å². The molecule has 0 aliphatic carbocycles. The van der Waals surface area contributed by atoms with Crippen molar-refractivity contribution in [1.82, 2.24) is 5.32 Å². The first-order valence-corrected chi connectivity index (χ1v) is 8.04. The Kier molecular flexibility index (Phi) is 6.46. The second kappa shape index (κ2) is 8.77. The summed E-state index contributed by atoms with van der Waals surface area (Å²) in [5.74, 6) is -2.50. The molecule has 1 amide bonds. The average molecular weight is 356 g/mol. The van der Waals surface area contributed by atoms with Crippen molar-refractivity contribution in [3.63, 3.8) is 0 Å². The molecule has 26 heavy (non-hydrogen) atoms. The number of nitrogens with one attached hydrogen (secondary N) is 2. The number of aliphatic carboxylic acids is 1. The fourth-order valence-electron chi connectivity index (χ4n) is 2.39. The molecule has 0 fully saturated rings. The van der Waals surface area contributed by atoms with Crippen LogP contribution in [-0.2, 0) is 16.0 Å². The van der Waals surface area contributed by atoms with Gasteiger partial charge in [0, 0.05) is 5.69 Å². The molecule has 0 aliphatic rings. The van der Waals surface area contributed by atoms with Gasteiger partial charge in [-0.2, -0.15) is 0 Å². The second-order valence-electron chi connectivity index (χ2n) is 5.84. The van der Waals surface area contributed by atoms with Crippen molar-refractivity contribution in [1.29, 1.82) is 0 Å². The fraction of sp³-hybridized carbons (Fsp3) is 0.211. The summed E-state index contributed by atoms with van der Waals surface area (Å²) in [5.41, 5.74) is 1.40. The van der Waals surface area contributed by atoms with E-state index < -0.39 is 29.9 Å². The second-order valence-corrected chi connectivity index (χ2v) is 5.84. The summed E-state index contributed by atoms with van der Waals surface area (Å²) in [5, 5.41) is 23.7. The number of hydrogen-bond donors (Lipinski definition) is 4. The maximum atomic E-state index is 12.3. The van der Waals surface area contributed by atoms with Crippen molar-refractivity contribution >= 4 is 23.5 Å². The number of amides is 1. The van der Waals surface area contributed by atoms with Gasteiger partial charge in [-0.25, -0.2) is 4.79 Å². The van der Waals surface area contributed by atoms with Crippen LogP contribution in [0.25, 0.3) is 0 Å². The number of carboxylic acids is 2. The van der Waals surface area contributed by atoms with Gasteiger partial charge in [-0.3, -0.25) is 14.9 Å². The van der Waals surface area contributed by atoms with E-state index in [4.69, 9.17) is 5.11 Å². The number of aromatic carboxylic acids is 1. The Morgan fingerprint density at radius 3 is 2.12 bits per heavy atom. The Labute approximate surface area is 150 Å². The Morgan fingerprint density at radius 2 is 1.58 bits per heavy atom. The highest BCUT2D eigenvalue weighted by Gasteiger charge is 2.23. The van der Waals surface area contributed by atoms with Gasteiger partial charge in [0.2, 0.25) is 5.91 Å². The minimum absolute atomic E-state index is 0.114. The van der Waals surface area contributed by atoms with Crippen LogP contribution in [0.1, 0.15) is 22.8 Å². The fourth-order valence-corrected chi connectivity index (χ4v) is 2.39. The molecule has 0 unspecified atom stereocenters. The van der Waals surface area contributed by atoms with Crippen LogP contribution in [0.4, 0.5) is 5.69 Å². The normalized spacial score (nSPS) is 12.8. The maximum absolute atomic E-state index is 12.3. The molecule has 0 spiro atoms. The summed E-state index contributed by atoms with van der Waals surface area (Å²) in [4.78, 5) is 34.6. The average Bonchev–Trinajstić information content (AvgIpc) is 2.62. The minimum Gasteiger partial charge on any atom is -0.480 e. The highest BCUT2D eigenvalue weighted by atomic mass is 16.4. The lowest BCUT2D eigenvalue weighted by Gasteiger charge is -2.20. The summed E-state index contributed by atoms with van der Waals surface area (Å²) in [6, 6.07) is 13.2. The van der Waals surface area contributed by atoms with E-state index in [0.29, 0.717) is 5.69 Å². The number of carbonyl (C=O) groups is 3. The standard InChI is InChI=1S/C19H20N2O5/c1-12(17(22)21-15-9-7-14(8-10-15)18(23)24)20-16(19(25)26)11-13-5-3-2-4-6-13/h2-10,12,16,20H,11H2,1H3,(H,21,22)(H,23,24)(H,25,26)/t12-,16-/m0/s1. The first-order chi connectivity index (χ1) is 12.4.